The Bertz CT molecular complexity index is 1040. The largest absolute Gasteiger partial charge is 0.354 e. The third-order valence-electron chi connectivity index (χ3n) is 5.23. The zero-order valence-electron chi connectivity index (χ0n) is 13.0. The molecule has 1 aromatic heterocycles. The Hall–Kier alpha value is -2.54. The number of hydrogen-bond donors (Lipinski definition) is 1. The molecule has 3 aliphatic carbocycles. The van der Waals surface area contributed by atoms with E-state index in [2.05, 4.69) is 71.8 Å². The van der Waals surface area contributed by atoms with Gasteiger partial charge in [0.1, 0.15) is 0 Å². The first-order valence-corrected chi connectivity index (χ1v) is 8.47. The molecule has 0 bridgehead atoms. The number of rotatable bonds is 1. The molecule has 0 aliphatic heterocycles. The fourth-order valence-corrected chi connectivity index (χ4v) is 4.16. The summed E-state index contributed by atoms with van der Waals surface area (Å²) in [5.41, 5.74) is 5.71. The van der Waals surface area contributed by atoms with E-state index in [1.54, 1.807) is 0 Å². The number of nitrogens with one attached hydrogen (secondary N) is 1. The molecule has 112 valence electrons. The zero-order chi connectivity index (χ0) is 15.2. The summed E-state index contributed by atoms with van der Waals surface area (Å²) in [6, 6.07) is 8.66. The van der Waals surface area contributed by atoms with Gasteiger partial charge in [-0.2, -0.15) is 0 Å². The maximum atomic E-state index is 3.71. The summed E-state index contributed by atoms with van der Waals surface area (Å²) in [6.07, 6.45) is 19.4. The molecular weight excluding hydrogens is 278 g/mol. The third kappa shape index (κ3) is 1.93. The molecule has 1 nitrogen and oxygen atoms in total. The second kappa shape index (κ2) is 4.99. The van der Waals surface area contributed by atoms with Crippen molar-refractivity contribution in [1.29, 1.82) is 0 Å². The van der Waals surface area contributed by atoms with Crippen molar-refractivity contribution in [3.8, 4) is 0 Å². The average Bonchev–Trinajstić information content (AvgIpc) is 2.98. The molecule has 1 aromatic carbocycles. The van der Waals surface area contributed by atoms with E-state index in [1.807, 2.05) is 0 Å². The Morgan fingerprint density at radius 1 is 1.00 bits per heavy atom. The highest BCUT2D eigenvalue weighted by atomic mass is 14.7. The van der Waals surface area contributed by atoms with Gasteiger partial charge in [0.25, 0.3) is 0 Å². The quantitative estimate of drug-likeness (QED) is 0.822. The Labute approximate surface area is 135 Å². The molecule has 2 aromatic rings. The van der Waals surface area contributed by atoms with Crippen molar-refractivity contribution in [1.82, 2.24) is 4.98 Å². The lowest BCUT2D eigenvalue weighted by molar-refractivity contribution is 0.786. The topological polar surface area (TPSA) is 15.8 Å². The van der Waals surface area contributed by atoms with Gasteiger partial charge in [0.2, 0.25) is 0 Å². The number of H-pyrrole nitrogens is 1. The van der Waals surface area contributed by atoms with Crippen molar-refractivity contribution in [3.63, 3.8) is 0 Å². The summed E-state index contributed by atoms with van der Waals surface area (Å²) >= 11 is 0. The predicted molar refractivity (Wildman–Crippen MR) is 97.2 cm³/mol. The van der Waals surface area contributed by atoms with Crippen molar-refractivity contribution >= 4 is 22.6 Å². The third-order valence-corrected chi connectivity index (χ3v) is 5.23. The van der Waals surface area contributed by atoms with Crippen LogP contribution in [0, 0.1) is 5.92 Å². The number of aromatic nitrogens is 1. The van der Waals surface area contributed by atoms with Crippen LogP contribution in [0.3, 0.4) is 0 Å². The Kier molecular flexibility index (Phi) is 2.81. The van der Waals surface area contributed by atoms with E-state index in [-0.39, 0.29) is 0 Å². The molecular formula is C22H19N. The normalized spacial score (nSPS) is 22.3. The first kappa shape index (κ1) is 13.0. The minimum Gasteiger partial charge on any atom is -0.354 e. The van der Waals surface area contributed by atoms with E-state index >= 15 is 0 Å². The standard InChI is InChI=1S/C22H19N/c1-2-8-15(9-3-1)21-17-11-5-4-10-16(17)14-19-18-12-6-7-13-20(18)23-22(19)21/h1-2,4-8,10,12-14,17,23H,3,9,11H2. The van der Waals surface area contributed by atoms with Crippen molar-refractivity contribution < 1.29 is 0 Å². The maximum absolute atomic E-state index is 3.71. The van der Waals surface area contributed by atoms with Crippen LogP contribution >= 0.6 is 0 Å². The average molecular weight is 297 g/mol. The molecule has 23 heavy (non-hydrogen) atoms. The van der Waals surface area contributed by atoms with Crippen LogP contribution in [-0.4, -0.2) is 4.98 Å². The van der Waals surface area contributed by atoms with Crippen LogP contribution in [0.15, 0.2) is 71.9 Å². The minimum atomic E-state index is 0.498. The van der Waals surface area contributed by atoms with Crippen molar-refractivity contribution in [2.24, 2.45) is 5.92 Å². The summed E-state index contributed by atoms with van der Waals surface area (Å²) in [6.45, 7) is 0. The van der Waals surface area contributed by atoms with Gasteiger partial charge in [-0.1, -0.05) is 54.7 Å². The lowest BCUT2D eigenvalue weighted by atomic mass is 9.77. The van der Waals surface area contributed by atoms with Crippen LogP contribution in [0.4, 0.5) is 0 Å². The molecule has 3 aliphatic rings. The van der Waals surface area contributed by atoms with Gasteiger partial charge >= 0.3 is 0 Å². The van der Waals surface area contributed by atoms with Crippen molar-refractivity contribution in [3.05, 3.63) is 82.4 Å². The molecule has 0 spiro atoms. The van der Waals surface area contributed by atoms with Gasteiger partial charge < -0.3 is 4.98 Å². The van der Waals surface area contributed by atoms with E-state index in [1.165, 1.54) is 38.2 Å². The number of benzene rings is 1. The molecule has 0 saturated heterocycles. The van der Waals surface area contributed by atoms with Crippen LogP contribution in [0.5, 0.6) is 0 Å². The van der Waals surface area contributed by atoms with E-state index < -0.39 is 0 Å². The molecule has 1 unspecified atom stereocenters. The van der Waals surface area contributed by atoms with E-state index in [0.29, 0.717) is 5.92 Å². The number of fused-ring (bicyclic) bond motifs is 4. The molecule has 1 heteroatoms. The monoisotopic (exact) mass is 297 g/mol. The molecule has 0 fully saturated rings. The molecule has 1 atom stereocenters. The van der Waals surface area contributed by atoms with E-state index in [4.69, 9.17) is 0 Å². The van der Waals surface area contributed by atoms with Gasteiger partial charge in [0.05, 0.1) is 5.35 Å². The van der Waals surface area contributed by atoms with Gasteiger partial charge in [-0.25, -0.2) is 0 Å². The lowest BCUT2D eigenvalue weighted by Gasteiger charge is -2.27. The first-order chi connectivity index (χ1) is 11.4. The molecule has 0 amide bonds. The number of allylic oxidation sites excluding steroid dienone is 8. The Morgan fingerprint density at radius 3 is 2.83 bits per heavy atom. The fraction of sp³-hybridized carbons (Fsp3) is 0.182. The molecule has 5 rings (SSSR count). The summed E-state index contributed by atoms with van der Waals surface area (Å²) in [4.78, 5) is 3.71. The van der Waals surface area contributed by atoms with Crippen molar-refractivity contribution in [2.75, 3.05) is 0 Å². The van der Waals surface area contributed by atoms with Crippen LogP contribution in [0.25, 0.3) is 22.6 Å². The van der Waals surface area contributed by atoms with Crippen molar-refractivity contribution in [2.45, 2.75) is 19.3 Å². The predicted octanol–water partition coefficient (Wildman–Crippen LogP) is 3.89. The summed E-state index contributed by atoms with van der Waals surface area (Å²) < 4.78 is 0. The Balaban J connectivity index is 1.92. The Morgan fingerprint density at radius 2 is 1.91 bits per heavy atom. The summed E-state index contributed by atoms with van der Waals surface area (Å²) in [7, 11) is 0. The van der Waals surface area contributed by atoms with Gasteiger partial charge in [0, 0.05) is 22.0 Å². The number of para-hydroxylation sites is 1. The smallest absolute Gasteiger partial charge is 0.0506 e. The zero-order valence-corrected chi connectivity index (χ0v) is 13.0. The van der Waals surface area contributed by atoms with Gasteiger partial charge in [-0.05, 0) is 48.1 Å². The molecule has 0 radical (unpaired) electrons. The molecule has 1 heterocycles. The fourth-order valence-electron chi connectivity index (χ4n) is 4.16. The highest BCUT2D eigenvalue weighted by Gasteiger charge is 2.26. The van der Waals surface area contributed by atoms with Crippen LogP contribution < -0.4 is 10.6 Å². The summed E-state index contributed by atoms with van der Waals surface area (Å²) in [5, 5.41) is 4.04. The maximum Gasteiger partial charge on any atom is 0.0506 e. The highest BCUT2D eigenvalue weighted by Crippen LogP contribution is 2.37. The highest BCUT2D eigenvalue weighted by molar-refractivity contribution is 5.87. The second-order valence-corrected chi connectivity index (χ2v) is 6.56. The number of hydrogen-bond acceptors (Lipinski definition) is 0. The minimum absolute atomic E-state index is 0.498. The molecule has 1 N–H and O–H groups in total. The van der Waals surface area contributed by atoms with Gasteiger partial charge in [-0.15, -0.1) is 0 Å². The van der Waals surface area contributed by atoms with Crippen LogP contribution in [0.2, 0.25) is 0 Å². The van der Waals surface area contributed by atoms with Crippen LogP contribution in [-0.2, 0) is 0 Å². The SMILES string of the molecule is C1=CCCC(C2=c3[nH]c4ccccc4c3=CC3=CC=CCC32)=C1. The van der Waals surface area contributed by atoms with E-state index in [0.717, 1.165) is 19.3 Å². The summed E-state index contributed by atoms with van der Waals surface area (Å²) in [5.74, 6) is 0.498. The van der Waals surface area contributed by atoms with E-state index in [9.17, 15) is 0 Å². The first-order valence-electron chi connectivity index (χ1n) is 8.47. The second-order valence-electron chi connectivity index (χ2n) is 6.56. The molecule has 0 saturated carbocycles. The van der Waals surface area contributed by atoms with Gasteiger partial charge in [0.15, 0.2) is 0 Å². The lowest BCUT2D eigenvalue weighted by Crippen LogP contribution is -2.34. The van der Waals surface area contributed by atoms with Gasteiger partial charge in [-0.3, -0.25) is 0 Å². The van der Waals surface area contributed by atoms with Crippen LogP contribution in [0.1, 0.15) is 19.3 Å². The number of aromatic amines is 1.